The number of aryl methyl sites for hydroxylation is 1. The fraction of sp³-hybridized carbons (Fsp3) is 0.538. The molecule has 0 saturated heterocycles. The average Bonchev–Trinajstić information content (AvgIpc) is 2.35. The maximum absolute atomic E-state index is 9.40. The number of aliphatic hydroxyl groups is 1. The molecule has 2 rings (SSSR count). The summed E-state index contributed by atoms with van der Waals surface area (Å²) in [6, 6.07) is 9.08. The number of nitrogens with one attached hydrogen (secondary N) is 1. The Labute approximate surface area is 96.7 Å². The van der Waals surface area contributed by atoms with Crippen molar-refractivity contribution in [2.24, 2.45) is 5.73 Å². The Kier molecular flexibility index (Phi) is 3.93. The zero-order valence-corrected chi connectivity index (χ0v) is 9.52. The van der Waals surface area contributed by atoms with Gasteiger partial charge in [0.2, 0.25) is 0 Å². The van der Waals surface area contributed by atoms with E-state index in [-0.39, 0.29) is 0 Å². The predicted octanol–water partition coefficient (Wildman–Crippen LogP) is 0.453. The molecular weight excluding hydrogens is 200 g/mol. The van der Waals surface area contributed by atoms with Crippen LogP contribution in [0.15, 0.2) is 24.3 Å². The van der Waals surface area contributed by atoms with Crippen molar-refractivity contribution in [1.29, 1.82) is 0 Å². The van der Waals surface area contributed by atoms with Gasteiger partial charge >= 0.3 is 0 Å². The van der Waals surface area contributed by atoms with Gasteiger partial charge in [-0.05, 0) is 30.4 Å². The van der Waals surface area contributed by atoms with Gasteiger partial charge in [0.1, 0.15) is 0 Å². The van der Waals surface area contributed by atoms with Gasteiger partial charge in [-0.1, -0.05) is 24.3 Å². The smallest absolute Gasteiger partial charge is 0.0786 e. The second-order valence-electron chi connectivity index (χ2n) is 4.51. The topological polar surface area (TPSA) is 58.3 Å². The van der Waals surface area contributed by atoms with Crippen LogP contribution in [0.25, 0.3) is 0 Å². The highest BCUT2D eigenvalue weighted by Crippen LogP contribution is 2.20. The minimum atomic E-state index is -0.419. The molecule has 1 aromatic rings. The molecule has 4 N–H and O–H groups in total. The Hall–Kier alpha value is -0.900. The number of nitrogens with two attached hydrogens (primary N) is 1. The van der Waals surface area contributed by atoms with Crippen molar-refractivity contribution >= 4 is 0 Å². The second kappa shape index (κ2) is 5.43. The number of aliphatic hydroxyl groups excluding tert-OH is 1. The molecule has 1 aliphatic carbocycles. The fourth-order valence-electron chi connectivity index (χ4n) is 2.26. The molecule has 0 aliphatic heterocycles. The third kappa shape index (κ3) is 2.82. The summed E-state index contributed by atoms with van der Waals surface area (Å²) in [5.74, 6) is 0. The van der Waals surface area contributed by atoms with Gasteiger partial charge in [-0.15, -0.1) is 0 Å². The van der Waals surface area contributed by atoms with Crippen molar-refractivity contribution in [3.05, 3.63) is 35.4 Å². The largest absolute Gasteiger partial charge is 0.390 e. The molecule has 3 nitrogen and oxygen atoms in total. The number of benzene rings is 1. The van der Waals surface area contributed by atoms with Crippen LogP contribution in [-0.4, -0.2) is 30.3 Å². The molecule has 1 aromatic carbocycles. The maximum Gasteiger partial charge on any atom is 0.0786 e. The number of hydrogen-bond acceptors (Lipinski definition) is 3. The first-order chi connectivity index (χ1) is 7.79. The number of fused-ring (bicyclic) bond motifs is 1. The van der Waals surface area contributed by atoms with Crippen molar-refractivity contribution in [3.8, 4) is 0 Å². The van der Waals surface area contributed by atoms with Gasteiger partial charge in [0.05, 0.1) is 6.10 Å². The maximum atomic E-state index is 9.40. The molecule has 1 aliphatic rings. The molecule has 0 aromatic heterocycles. The van der Waals surface area contributed by atoms with Gasteiger partial charge in [-0.25, -0.2) is 0 Å². The molecule has 2 unspecified atom stereocenters. The van der Waals surface area contributed by atoms with Crippen LogP contribution in [0.5, 0.6) is 0 Å². The van der Waals surface area contributed by atoms with Crippen molar-refractivity contribution in [2.75, 3.05) is 13.1 Å². The quantitative estimate of drug-likeness (QED) is 0.690. The average molecular weight is 220 g/mol. The fourth-order valence-corrected chi connectivity index (χ4v) is 2.26. The van der Waals surface area contributed by atoms with E-state index in [4.69, 9.17) is 5.73 Å². The van der Waals surface area contributed by atoms with E-state index in [9.17, 15) is 5.11 Å². The molecule has 2 atom stereocenters. The van der Waals surface area contributed by atoms with Crippen LogP contribution in [0, 0.1) is 0 Å². The Morgan fingerprint density at radius 3 is 2.88 bits per heavy atom. The summed E-state index contributed by atoms with van der Waals surface area (Å²) >= 11 is 0. The predicted molar refractivity (Wildman–Crippen MR) is 65.3 cm³/mol. The second-order valence-corrected chi connectivity index (χ2v) is 4.51. The summed E-state index contributed by atoms with van der Waals surface area (Å²) in [4.78, 5) is 0. The first kappa shape index (κ1) is 11.6. The monoisotopic (exact) mass is 220 g/mol. The van der Waals surface area contributed by atoms with Crippen LogP contribution in [-0.2, 0) is 12.8 Å². The first-order valence-electron chi connectivity index (χ1n) is 5.98. The third-order valence-electron chi connectivity index (χ3n) is 3.26. The molecule has 88 valence electrons. The lowest BCUT2D eigenvalue weighted by atomic mass is 9.88. The first-order valence-corrected chi connectivity index (χ1v) is 5.98. The number of hydrogen-bond donors (Lipinski definition) is 3. The van der Waals surface area contributed by atoms with E-state index in [2.05, 4.69) is 29.6 Å². The van der Waals surface area contributed by atoms with E-state index < -0.39 is 6.10 Å². The van der Waals surface area contributed by atoms with Gasteiger partial charge in [-0.3, -0.25) is 0 Å². The van der Waals surface area contributed by atoms with Gasteiger partial charge in [-0.2, -0.15) is 0 Å². The lowest BCUT2D eigenvalue weighted by molar-refractivity contribution is 0.173. The van der Waals surface area contributed by atoms with E-state index in [1.54, 1.807) is 0 Å². The van der Waals surface area contributed by atoms with E-state index in [0.717, 1.165) is 19.3 Å². The van der Waals surface area contributed by atoms with Gasteiger partial charge in [0.25, 0.3) is 0 Å². The normalized spacial score (nSPS) is 21.5. The Bertz CT molecular complexity index is 340. The van der Waals surface area contributed by atoms with E-state index in [1.807, 2.05) is 0 Å². The molecule has 0 spiro atoms. The van der Waals surface area contributed by atoms with Gasteiger partial charge < -0.3 is 16.2 Å². The standard InChI is InChI=1S/C13H20N2O/c14-8-13(16)9-15-12-6-5-10-3-1-2-4-11(10)7-12/h1-4,12-13,15-16H,5-9,14H2. The van der Waals surface area contributed by atoms with E-state index >= 15 is 0 Å². The molecule has 0 heterocycles. The molecular formula is C13H20N2O. The van der Waals surface area contributed by atoms with Crippen LogP contribution < -0.4 is 11.1 Å². The zero-order valence-electron chi connectivity index (χ0n) is 9.52. The summed E-state index contributed by atoms with van der Waals surface area (Å²) in [6.45, 7) is 0.930. The third-order valence-corrected chi connectivity index (χ3v) is 3.26. The van der Waals surface area contributed by atoms with Crippen molar-refractivity contribution in [1.82, 2.24) is 5.32 Å². The summed E-state index contributed by atoms with van der Waals surface area (Å²) in [6.07, 6.45) is 2.92. The van der Waals surface area contributed by atoms with E-state index in [0.29, 0.717) is 19.1 Å². The van der Waals surface area contributed by atoms with Crippen LogP contribution >= 0.6 is 0 Å². The number of rotatable bonds is 4. The van der Waals surface area contributed by atoms with Crippen molar-refractivity contribution in [3.63, 3.8) is 0 Å². The highest BCUT2D eigenvalue weighted by atomic mass is 16.3. The van der Waals surface area contributed by atoms with Crippen LogP contribution in [0.3, 0.4) is 0 Å². The SMILES string of the molecule is NCC(O)CNC1CCc2ccccc2C1. The molecule has 16 heavy (non-hydrogen) atoms. The highest BCUT2D eigenvalue weighted by molar-refractivity contribution is 5.30. The van der Waals surface area contributed by atoms with Crippen molar-refractivity contribution in [2.45, 2.75) is 31.4 Å². The summed E-state index contributed by atoms with van der Waals surface area (Å²) in [5.41, 5.74) is 8.28. The van der Waals surface area contributed by atoms with Gasteiger partial charge in [0, 0.05) is 19.1 Å². The molecule has 0 amide bonds. The Morgan fingerprint density at radius 2 is 2.12 bits per heavy atom. The van der Waals surface area contributed by atoms with Crippen molar-refractivity contribution < 1.29 is 5.11 Å². The Balaban J connectivity index is 1.88. The Morgan fingerprint density at radius 1 is 1.38 bits per heavy atom. The highest BCUT2D eigenvalue weighted by Gasteiger charge is 2.18. The molecule has 0 bridgehead atoms. The van der Waals surface area contributed by atoms with Crippen LogP contribution in [0.2, 0.25) is 0 Å². The minimum Gasteiger partial charge on any atom is -0.390 e. The van der Waals surface area contributed by atoms with E-state index in [1.165, 1.54) is 11.1 Å². The summed E-state index contributed by atoms with van der Waals surface area (Å²) in [5, 5.41) is 12.8. The van der Waals surface area contributed by atoms with Gasteiger partial charge in [0.15, 0.2) is 0 Å². The molecule has 0 fully saturated rings. The molecule has 0 saturated carbocycles. The lowest BCUT2D eigenvalue weighted by Gasteiger charge is -2.26. The molecule has 0 radical (unpaired) electrons. The minimum absolute atomic E-state index is 0.330. The molecule has 3 heteroatoms. The summed E-state index contributed by atoms with van der Waals surface area (Å²) < 4.78 is 0. The zero-order chi connectivity index (χ0) is 11.4. The lowest BCUT2D eigenvalue weighted by Crippen LogP contribution is -2.41. The summed E-state index contributed by atoms with van der Waals surface area (Å²) in [7, 11) is 0. The van der Waals surface area contributed by atoms with Crippen LogP contribution in [0.4, 0.5) is 0 Å². The van der Waals surface area contributed by atoms with Crippen LogP contribution in [0.1, 0.15) is 17.5 Å².